The first-order valence-electron chi connectivity index (χ1n) is 9.77. The van der Waals surface area contributed by atoms with Gasteiger partial charge in [0.15, 0.2) is 0 Å². The van der Waals surface area contributed by atoms with Gasteiger partial charge in [0.25, 0.3) is 11.5 Å². The van der Waals surface area contributed by atoms with Crippen molar-refractivity contribution in [1.29, 1.82) is 0 Å². The van der Waals surface area contributed by atoms with Crippen LogP contribution < -0.4 is 15.8 Å². The minimum absolute atomic E-state index is 0.0464. The number of thiophene rings is 1. The van der Waals surface area contributed by atoms with Crippen molar-refractivity contribution >= 4 is 44.7 Å². The number of fused-ring (bicyclic) bond motifs is 2. The second-order valence-corrected chi connectivity index (χ2v) is 8.47. The number of benzene rings is 1. The number of hydrogen-bond acceptors (Lipinski definition) is 5. The Morgan fingerprint density at radius 1 is 1.10 bits per heavy atom. The van der Waals surface area contributed by atoms with Gasteiger partial charge in [-0.15, -0.1) is 11.3 Å². The van der Waals surface area contributed by atoms with Crippen molar-refractivity contribution in [2.75, 3.05) is 16.8 Å². The number of nitrogens with one attached hydrogen (secondary N) is 1. The fourth-order valence-electron chi connectivity index (χ4n) is 4.13. The Morgan fingerprint density at radius 3 is 2.59 bits per heavy atom. The van der Waals surface area contributed by atoms with Gasteiger partial charge in [0.05, 0.1) is 10.3 Å². The van der Waals surface area contributed by atoms with Gasteiger partial charge in [-0.3, -0.25) is 19.0 Å². The summed E-state index contributed by atoms with van der Waals surface area (Å²) in [6, 6.07) is 7.27. The Balaban J connectivity index is 1.42. The van der Waals surface area contributed by atoms with Crippen LogP contribution in [0.25, 0.3) is 10.2 Å². The van der Waals surface area contributed by atoms with Gasteiger partial charge in [0.1, 0.15) is 10.7 Å². The zero-order valence-corrected chi connectivity index (χ0v) is 16.8. The summed E-state index contributed by atoms with van der Waals surface area (Å²) in [4.78, 5) is 45.0. The van der Waals surface area contributed by atoms with Crippen LogP contribution in [0.5, 0.6) is 0 Å². The summed E-state index contributed by atoms with van der Waals surface area (Å²) >= 11 is 1.27. The predicted molar refractivity (Wildman–Crippen MR) is 113 cm³/mol. The molecule has 0 bridgehead atoms. The second kappa shape index (κ2) is 6.81. The molecule has 0 atom stereocenters. The highest BCUT2D eigenvalue weighted by atomic mass is 32.1. The van der Waals surface area contributed by atoms with Gasteiger partial charge in [-0.1, -0.05) is 0 Å². The highest BCUT2D eigenvalue weighted by Gasteiger charge is 2.24. The van der Waals surface area contributed by atoms with Crippen LogP contribution in [-0.2, 0) is 17.8 Å². The lowest BCUT2D eigenvalue weighted by Gasteiger charge is -2.16. The maximum atomic E-state index is 12.9. The molecular formula is C21H20N4O3S. The van der Waals surface area contributed by atoms with Crippen LogP contribution in [-0.4, -0.2) is 27.9 Å². The van der Waals surface area contributed by atoms with E-state index in [-0.39, 0.29) is 17.4 Å². The number of hydrogen-bond donors (Lipinski definition) is 1. The summed E-state index contributed by atoms with van der Waals surface area (Å²) in [7, 11) is 0. The molecule has 0 spiro atoms. The smallest absolute Gasteiger partial charge is 0.266 e. The number of amides is 2. The number of carbonyl (C=O) groups excluding carboxylic acids is 2. The van der Waals surface area contributed by atoms with Crippen LogP contribution in [0.4, 0.5) is 11.4 Å². The van der Waals surface area contributed by atoms with Gasteiger partial charge in [-0.05, 0) is 49.6 Å². The topological polar surface area (TPSA) is 84.3 Å². The first-order chi connectivity index (χ1) is 14.0. The minimum Gasteiger partial charge on any atom is -0.321 e. The molecule has 0 saturated carbocycles. The molecule has 8 heteroatoms. The van der Waals surface area contributed by atoms with Gasteiger partial charge in [-0.25, -0.2) is 4.98 Å². The molecule has 1 N–H and O–H groups in total. The first-order valence-corrected chi connectivity index (χ1v) is 10.6. The molecular weight excluding hydrogens is 388 g/mol. The van der Waals surface area contributed by atoms with Crippen LogP contribution in [0.1, 0.15) is 40.3 Å². The Morgan fingerprint density at radius 2 is 1.86 bits per heavy atom. The zero-order chi connectivity index (χ0) is 20.1. The van der Waals surface area contributed by atoms with Gasteiger partial charge >= 0.3 is 0 Å². The molecule has 0 unspecified atom stereocenters. The average Bonchev–Trinajstić information content (AvgIpc) is 3.42. The number of aryl methyl sites for hydroxylation is 2. The van der Waals surface area contributed by atoms with E-state index in [2.05, 4.69) is 10.3 Å². The highest BCUT2D eigenvalue weighted by Crippen LogP contribution is 2.30. The number of nitrogens with zero attached hydrogens (tertiary/aromatic N) is 3. The van der Waals surface area contributed by atoms with Crippen LogP contribution in [0, 0.1) is 6.92 Å². The third-order valence-electron chi connectivity index (χ3n) is 5.63. The highest BCUT2D eigenvalue weighted by molar-refractivity contribution is 7.20. The van der Waals surface area contributed by atoms with Crippen LogP contribution in [0.15, 0.2) is 29.1 Å². The van der Waals surface area contributed by atoms with E-state index in [0.29, 0.717) is 39.3 Å². The molecule has 2 aliphatic rings. The molecule has 1 aromatic carbocycles. The van der Waals surface area contributed by atoms with E-state index in [4.69, 9.17) is 0 Å². The summed E-state index contributed by atoms with van der Waals surface area (Å²) in [6.45, 7) is 3.23. The van der Waals surface area contributed by atoms with Crippen molar-refractivity contribution in [1.82, 2.24) is 9.55 Å². The van der Waals surface area contributed by atoms with Crippen LogP contribution in [0.2, 0.25) is 0 Å². The van der Waals surface area contributed by atoms with Crippen molar-refractivity contribution < 1.29 is 9.59 Å². The fraction of sp³-hybridized carbons (Fsp3) is 0.333. The molecule has 1 fully saturated rings. The third-order valence-corrected chi connectivity index (χ3v) is 6.81. The summed E-state index contributed by atoms with van der Waals surface area (Å²) in [6.07, 6.45) is 3.20. The Kier molecular flexibility index (Phi) is 4.24. The zero-order valence-electron chi connectivity index (χ0n) is 16.0. The largest absolute Gasteiger partial charge is 0.321 e. The molecule has 148 valence electrons. The van der Waals surface area contributed by atoms with E-state index >= 15 is 0 Å². The molecule has 7 nitrogen and oxygen atoms in total. The van der Waals surface area contributed by atoms with E-state index in [0.717, 1.165) is 37.3 Å². The summed E-state index contributed by atoms with van der Waals surface area (Å²) in [5.41, 5.74) is 2.13. The lowest BCUT2D eigenvalue weighted by Crippen LogP contribution is -2.23. The van der Waals surface area contributed by atoms with Crippen molar-refractivity contribution in [3.8, 4) is 0 Å². The lowest BCUT2D eigenvalue weighted by molar-refractivity contribution is -0.117. The first kappa shape index (κ1) is 18.1. The van der Waals surface area contributed by atoms with Gasteiger partial charge in [0, 0.05) is 37.3 Å². The van der Waals surface area contributed by atoms with E-state index in [1.165, 1.54) is 11.3 Å². The quantitative estimate of drug-likeness (QED) is 0.722. The van der Waals surface area contributed by atoms with Crippen LogP contribution in [0.3, 0.4) is 0 Å². The number of aromatic nitrogens is 2. The molecule has 29 heavy (non-hydrogen) atoms. The molecule has 1 saturated heterocycles. The molecule has 0 radical (unpaired) electrons. The molecule has 4 heterocycles. The van der Waals surface area contributed by atoms with Gasteiger partial charge < -0.3 is 10.2 Å². The number of anilines is 2. The SMILES string of the molecule is Cc1c(C(=O)Nc2ccc(N3CCCC3=O)cc2)sc2nc3n(c(=O)c12)CCC3. The van der Waals surface area contributed by atoms with Crippen molar-refractivity contribution in [3.05, 3.63) is 50.9 Å². The average molecular weight is 408 g/mol. The van der Waals surface area contributed by atoms with E-state index in [1.54, 1.807) is 28.5 Å². The van der Waals surface area contributed by atoms with Gasteiger partial charge in [0.2, 0.25) is 5.91 Å². The van der Waals surface area contributed by atoms with Crippen molar-refractivity contribution in [2.24, 2.45) is 0 Å². The second-order valence-electron chi connectivity index (χ2n) is 7.47. The molecule has 2 aliphatic heterocycles. The standard InChI is InChI=1S/C21H20N4O3S/c1-12-17-20(23-15-4-2-11-25(15)21(17)28)29-18(12)19(27)22-13-6-8-14(9-7-13)24-10-3-5-16(24)26/h6-9H,2-5,10-11H2,1H3,(H,22,27). The third kappa shape index (κ3) is 2.95. The molecule has 2 aromatic heterocycles. The Bertz CT molecular complexity index is 1210. The normalized spacial score (nSPS) is 15.9. The maximum Gasteiger partial charge on any atom is 0.266 e. The lowest BCUT2D eigenvalue weighted by atomic mass is 10.2. The molecule has 2 amide bonds. The summed E-state index contributed by atoms with van der Waals surface area (Å²) in [5.74, 6) is 0.691. The molecule has 0 aliphatic carbocycles. The van der Waals surface area contributed by atoms with Crippen molar-refractivity contribution in [3.63, 3.8) is 0 Å². The van der Waals surface area contributed by atoms with E-state index < -0.39 is 0 Å². The number of rotatable bonds is 3. The monoisotopic (exact) mass is 408 g/mol. The summed E-state index contributed by atoms with van der Waals surface area (Å²) < 4.78 is 1.72. The van der Waals surface area contributed by atoms with Crippen LogP contribution >= 0.6 is 11.3 Å². The minimum atomic E-state index is -0.250. The molecule has 3 aromatic rings. The van der Waals surface area contributed by atoms with E-state index in [9.17, 15) is 14.4 Å². The van der Waals surface area contributed by atoms with E-state index in [1.807, 2.05) is 12.1 Å². The Labute approximate surface area is 171 Å². The maximum absolute atomic E-state index is 12.9. The fourth-order valence-corrected chi connectivity index (χ4v) is 5.21. The summed E-state index contributed by atoms with van der Waals surface area (Å²) in [5, 5.41) is 3.45. The number of carbonyl (C=O) groups is 2. The van der Waals surface area contributed by atoms with Gasteiger partial charge in [-0.2, -0.15) is 0 Å². The Hall–Kier alpha value is -3.00. The van der Waals surface area contributed by atoms with Crippen molar-refractivity contribution in [2.45, 2.75) is 39.2 Å². The predicted octanol–water partition coefficient (Wildman–Crippen LogP) is 3.09. The molecule has 5 rings (SSSR count).